The van der Waals surface area contributed by atoms with Crippen LogP contribution in [0, 0.1) is 17.2 Å². The topological polar surface area (TPSA) is 35.8 Å². The van der Waals surface area contributed by atoms with Gasteiger partial charge in [0.25, 0.3) is 0 Å². The van der Waals surface area contributed by atoms with Gasteiger partial charge in [-0.05, 0) is 62.4 Å². The fourth-order valence-electron chi connectivity index (χ4n) is 3.04. The highest BCUT2D eigenvalue weighted by Crippen LogP contribution is 2.29. The molecule has 2 rings (SSSR count). The summed E-state index contributed by atoms with van der Waals surface area (Å²) in [7, 11) is 0. The van der Waals surface area contributed by atoms with Crippen molar-refractivity contribution < 1.29 is 0 Å². The van der Waals surface area contributed by atoms with Gasteiger partial charge >= 0.3 is 0 Å². The lowest BCUT2D eigenvalue weighted by Gasteiger charge is -2.26. The van der Waals surface area contributed by atoms with Crippen LogP contribution >= 0.6 is 11.8 Å². The number of nitrogens with one attached hydrogen (secondary N) is 1. The highest BCUT2D eigenvalue weighted by atomic mass is 32.2. The molecule has 0 amide bonds. The van der Waals surface area contributed by atoms with E-state index in [1.807, 2.05) is 0 Å². The summed E-state index contributed by atoms with van der Waals surface area (Å²) in [4.78, 5) is 0. The molecular formula is C16H28N2S. The summed E-state index contributed by atoms with van der Waals surface area (Å²) in [6, 6.07) is 3.18. The molecular weight excluding hydrogens is 252 g/mol. The van der Waals surface area contributed by atoms with Gasteiger partial charge in [0, 0.05) is 6.04 Å². The van der Waals surface area contributed by atoms with Crippen LogP contribution in [0.15, 0.2) is 0 Å². The van der Waals surface area contributed by atoms with Crippen molar-refractivity contribution in [2.75, 3.05) is 11.5 Å². The molecule has 1 N–H and O–H groups in total. The van der Waals surface area contributed by atoms with E-state index in [4.69, 9.17) is 0 Å². The van der Waals surface area contributed by atoms with Gasteiger partial charge in [0.1, 0.15) is 5.54 Å². The Bertz CT molecular complexity index is 302. The molecule has 0 bridgehead atoms. The smallest absolute Gasteiger partial charge is 0.106 e. The number of rotatable bonds is 9. The number of nitriles is 1. The van der Waals surface area contributed by atoms with Crippen LogP contribution in [-0.4, -0.2) is 23.1 Å². The minimum absolute atomic E-state index is 0.241. The molecule has 0 aromatic rings. The summed E-state index contributed by atoms with van der Waals surface area (Å²) >= 11 is 2.11. The molecule has 0 saturated heterocycles. The van der Waals surface area contributed by atoms with Crippen LogP contribution in [0.1, 0.15) is 64.7 Å². The Balaban J connectivity index is 1.60. The first-order valence-corrected chi connectivity index (χ1v) is 9.20. The molecule has 2 aliphatic rings. The van der Waals surface area contributed by atoms with Crippen LogP contribution in [0.2, 0.25) is 0 Å². The van der Waals surface area contributed by atoms with E-state index < -0.39 is 0 Å². The SMILES string of the molecule is CCC(C#N)(CCCSCC1CCCC1)NC1CC1. The van der Waals surface area contributed by atoms with Crippen LogP contribution < -0.4 is 5.32 Å². The van der Waals surface area contributed by atoms with Crippen LogP contribution in [0.25, 0.3) is 0 Å². The second kappa shape index (κ2) is 7.55. The summed E-state index contributed by atoms with van der Waals surface area (Å²) in [5.74, 6) is 3.56. The van der Waals surface area contributed by atoms with Gasteiger partial charge in [-0.3, -0.25) is 5.32 Å². The van der Waals surface area contributed by atoms with Crippen molar-refractivity contribution in [3.05, 3.63) is 0 Å². The fraction of sp³-hybridized carbons (Fsp3) is 0.938. The fourth-order valence-corrected chi connectivity index (χ4v) is 4.22. The van der Waals surface area contributed by atoms with Crippen molar-refractivity contribution in [3.63, 3.8) is 0 Å². The first kappa shape index (κ1) is 15.2. The van der Waals surface area contributed by atoms with Gasteiger partial charge in [0.05, 0.1) is 6.07 Å². The van der Waals surface area contributed by atoms with Gasteiger partial charge in [-0.1, -0.05) is 19.8 Å². The van der Waals surface area contributed by atoms with E-state index in [9.17, 15) is 5.26 Å². The largest absolute Gasteiger partial charge is 0.297 e. The Morgan fingerprint density at radius 1 is 1.26 bits per heavy atom. The Morgan fingerprint density at radius 3 is 2.58 bits per heavy atom. The molecule has 2 fully saturated rings. The van der Waals surface area contributed by atoms with E-state index >= 15 is 0 Å². The quantitative estimate of drug-likeness (QED) is 0.646. The first-order valence-electron chi connectivity index (χ1n) is 8.05. The molecule has 108 valence electrons. The lowest BCUT2D eigenvalue weighted by molar-refractivity contribution is 0.367. The summed E-state index contributed by atoms with van der Waals surface area (Å²) in [6.45, 7) is 2.14. The third-order valence-corrected chi connectivity index (χ3v) is 5.88. The van der Waals surface area contributed by atoms with Gasteiger partial charge in [0.2, 0.25) is 0 Å². The van der Waals surface area contributed by atoms with Crippen molar-refractivity contribution in [3.8, 4) is 6.07 Å². The Hall–Kier alpha value is -0.200. The van der Waals surface area contributed by atoms with Crippen LogP contribution in [-0.2, 0) is 0 Å². The Labute approximate surface area is 122 Å². The van der Waals surface area contributed by atoms with E-state index in [2.05, 4.69) is 30.1 Å². The molecule has 2 nitrogen and oxygen atoms in total. The predicted molar refractivity (Wildman–Crippen MR) is 83.3 cm³/mol. The van der Waals surface area contributed by atoms with Crippen LogP contribution in [0.3, 0.4) is 0 Å². The number of hydrogen-bond donors (Lipinski definition) is 1. The number of nitrogens with zero attached hydrogens (tertiary/aromatic N) is 1. The minimum atomic E-state index is -0.241. The van der Waals surface area contributed by atoms with E-state index in [1.165, 1.54) is 56.5 Å². The Morgan fingerprint density at radius 2 is 2.00 bits per heavy atom. The molecule has 0 aromatic carbocycles. The third-order valence-electron chi connectivity index (χ3n) is 4.60. The normalized spacial score (nSPS) is 23.2. The number of thioether (sulfide) groups is 1. The summed E-state index contributed by atoms with van der Waals surface area (Å²) < 4.78 is 0. The van der Waals surface area contributed by atoms with Gasteiger partial charge in [-0.25, -0.2) is 0 Å². The zero-order valence-corrected chi connectivity index (χ0v) is 13.1. The molecule has 1 atom stereocenters. The van der Waals surface area contributed by atoms with Crippen LogP contribution in [0.5, 0.6) is 0 Å². The zero-order chi connectivity index (χ0) is 13.6. The second-order valence-electron chi connectivity index (χ2n) is 6.30. The average molecular weight is 280 g/mol. The van der Waals surface area contributed by atoms with Crippen molar-refractivity contribution in [2.24, 2.45) is 5.92 Å². The van der Waals surface area contributed by atoms with Gasteiger partial charge in [0.15, 0.2) is 0 Å². The molecule has 0 spiro atoms. The molecule has 2 saturated carbocycles. The standard InChI is InChI=1S/C16H28N2S/c1-2-16(13-17,18-15-8-9-15)10-5-11-19-12-14-6-3-4-7-14/h14-15,18H,2-12H2,1H3. The lowest BCUT2D eigenvalue weighted by Crippen LogP contribution is -2.44. The molecule has 0 heterocycles. The molecule has 1 unspecified atom stereocenters. The summed E-state index contributed by atoms with van der Waals surface area (Å²) in [5, 5.41) is 13.0. The molecule has 19 heavy (non-hydrogen) atoms. The zero-order valence-electron chi connectivity index (χ0n) is 12.3. The average Bonchev–Trinajstić information content (AvgIpc) is 3.09. The van der Waals surface area contributed by atoms with E-state index in [0.717, 1.165) is 18.8 Å². The van der Waals surface area contributed by atoms with Gasteiger partial charge in [-0.2, -0.15) is 17.0 Å². The summed E-state index contributed by atoms with van der Waals surface area (Å²) in [6.07, 6.45) is 11.5. The van der Waals surface area contributed by atoms with Gasteiger partial charge < -0.3 is 0 Å². The second-order valence-corrected chi connectivity index (χ2v) is 7.44. The van der Waals surface area contributed by atoms with Crippen molar-refractivity contribution in [1.82, 2.24) is 5.32 Å². The lowest BCUT2D eigenvalue weighted by atomic mass is 9.92. The minimum Gasteiger partial charge on any atom is -0.297 e. The van der Waals surface area contributed by atoms with Crippen LogP contribution in [0.4, 0.5) is 0 Å². The maximum absolute atomic E-state index is 9.46. The van der Waals surface area contributed by atoms with E-state index in [1.54, 1.807) is 0 Å². The van der Waals surface area contributed by atoms with E-state index in [-0.39, 0.29) is 5.54 Å². The predicted octanol–water partition coefficient (Wildman–Crippen LogP) is 4.11. The summed E-state index contributed by atoms with van der Waals surface area (Å²) in [5.41, 5.74) is -0.241. The highest BCUT2D eigenvalue weighted by Gasteiger charge is 2.34. The molecule has 0 aromatic heterocycles. The number of hydrogen-bond acceptors (Lipinski definition) is 3. The van der Waals surface area contributed by atoms with Crippen molar-refractivity contribution in [2.45, 2.75) is 76.3 Å². The van der Waals surface area contributed by atoms with E-state index in [0.29, 0.717) is 6.04 Å². The Kier molecular flexibility index (Phi) is 6.04. The molecule has 2 aliphatic carbocycles. The monoisotopic (exact) mass is 280 g/mol. The molecule has 0 radical (unpaired) electrons. The maximum atomic E-state index is 9.46. The molecule has 0 aliphatic heterocycles. The van der Waals surface area contributed by atoms with Crippen molar-refractivity contribution in [1.29, 1.82) is 5.26 Å². The van der Waals surface area contributed by atoms with Gasteiger partial charge in [-0.15, -0.1) is 0 Å². The molecule has 3 heteroatoms. The first-order chi connectivity index (χ1) is 9.28. The third kappa shape index (κ3) is 5.00. The van der Waals surface area contributed by atoms with Crippen molar-refractivity contribution >= 4 is 11.8 Å². The highest BCUT2D eigenvalue weighted by molar-refractivity contribution is 7.99. The maximum Gasteiger partial charge on any atom is 0.106 e.